The predicted octanol–water partition coefficient (Wildman–Crippen LogP) is 3.12. The fourth-order valence-electron chi connectivity index (χ4n) is 2.39. The maximum atomic E-state index is 11.8. The summed E-state index contributed by atoms with van der Waals surface area (Å²) in [4.78, 5) is 29.8. The molecule has 0 aliphatic rings. The van der Waals surface area contributed by atoms with E-state index in [4.69, 9.17) is 0 Å². The number of likely N-dealkylation sites (N-methyl/N-ethyl adjacent to an activating group) is 1. The molecule has 140 valence electrons. The summed E-state index contributed by atoms with van der Waals surface area (Å²) in [6, 6.07) is 7.80. The van der Waals surface area contributed by atoms with Gasteiger partial charge in [0.15, 0.2) is 0 Å². The lowest BCUT2D eigenvalue weighted by molar-refractivity contribution is -0.122. The number of anilines is 1. The second-order valence-electron chi connectivity index (χ2n) is 6.50. The van der Waals surface area contributed by atoms with Gasteiger partial charge in [-0.25, -0.2) is 4.98 Å². The number of amides is 2. The number of hydrogen-bond donors (Lipinski definition) is 2. The zero-order valence-corrected chi connectivity index (χ0v) is 16.5. The third-order valence-electron chi connectivity index (χ3n) is 3.61. The van der Waals surface area contributed by atoms with Crippen LogP contribution in [0.2, 0.25) is 0 Å². The normalized spacial score (nSPS) is 11.0. The van der Waals surface area contributed by atoms with Gasteiger partial charge in [0.25, 0.3) is 0 Å². The van der Waals surface area contributed by atoms with E-state index in [9.17, 15) is 9.59 Å². The molecule has 0 fully saturated rings. The fourth-order valence-corrected chi connectivity index (χ4v) is 3.27. The third-order valence-corrected chi connectivity index (χ3v) is 4.44. The molecule has 1 aromatic heterocycles. The summed E-state index contributed by atoms with van der Waals surface area (Å²) in [5.41, 5.74) is 2.69. The molecule has 0 aliphatic carbocycles. The summed E-state index contributed by atoms with van der Waals surface area (Å²) in [6.07, 6.45) is 0.458. The number of carbonyl (C=O) groups excluding carboxylic acids is 2. The van der Waals surface area contributed by atoms with Crippen LogP contribution in [0, 0.1) is 0 Å². The van der Waals surface area contributed by atoms with Crippen LogP contribution in [0.15, 0.2) is 29.6 Å². The van der Waals surface area contributed by atoms with Crippen molar-refractivity contribution in [1.82, 2.24) is 15.2 Å². The van der Waals surface area contributed by atoms with E-state index in [0.29, 0.717) is 19.5 Å². The Labute approximate surface area is 158 Å². The lowest BCUT2D eigenvalue weighted by Crippen LogP contribution is -2.38. The molecule has 0 spiro atoms. The minimum Gasteiger partial charge on any atom is -0.353 e. The van der Waals surface area contributed by atoms with E-state index in [0.717, 1.165) is 22.0 Å². The number of aromatic nitrogens is 1. The number of rotatable bonds is 8. The van der Waals surface area contributed by atoms with Crippen molar-refractivity contribution in [2.45, 2.75) is 39.8 Å². The van der Waals surface area contributed by atoms with Crippen LogP contribution >= 0.6 is 11.3 Å². The van der Waals surface area contributed by atoms with Crippen molar-refractivity contribution >= 4 is 28.8 Å². The number of carbonyl (C=O) groups is 2. The minimum absolute atomic E-state index is 0.00163. The highest BCUT2D eigenvalue weighted by Gasteiger charge is 2.11. The summed E-state index contributed by atoms with van der Waals surface area (Å²) >= 11 is 1.58. The molecular weight excluding hydrogens is 348 g/mol. The van der Waals surface area contributed by atoms with Crippen LogP contribution in [0.5, 0.6) is 0 Å². The molecule has 0 aliphatic heterocycles. The quantitative estimate of drug-likeness (QED) is 0.744. The molecule has 2 aromatic rings. The molecule has 26 heavy (non-hydrogen) atoms. The molecule has 1 heterocycles. The van der Waals surface area contributed by atoms with Crippen LogP contribution in [0.1, 0.15) is 32.2 Å². The number of nitrogens with zero attached hydrogens (tertiary/aromatic N) is 2. The van der Waals surface area contributed by atoms with Crippen LogP contribution < -0.4 is 10.6 Å². The van der Waals surface area contributed by atoms with Gasteiger partial charge >= 0.3 is 0 Å². The second-order valence-corrected chi connectivity index (χ2v) is 7.44. The van der Waals surface area contributed by atoms with Crippen LogP contribution in [0.25, 0.3) is 11.3 Å². The first kappa shape index (κ1) is 20.1. The number of hydrogen-bond acceptors (Lipinski definition) is 5. The third kappa shape index (κ3) is 6.24. The number of benzene rings is 1. The Kier molecular flexibility index (Phi) is 7.29. The molecule has 2 rings (SSSR count). The van der Waals surface area contributed by atoms with Crippen LogP contribution in [-0.2, 0) is 16.1 Å². The Hall–Kier alpha value is -2.25. The van der Waals surface area contributed by atoms with Gasteiger partial charge in [-0.05, 0) is 33.0 Å². The largest absolute Gasteiger partial charge is 0.353 e. The Morgan fingerprint density at radius 3 is 2.50 bits per heavy atom. The van der Waals surface area contributed by atoms with Gasteiger partial charge in [0.1, 0.15) is 5.01 Å². The van der Waals surface area contributed by atoms with E-state index < -0.39 is 0 Å². The molecular formula is C19H26N4O2S. The Balaban J connectivity index is 1.94. The highest BCUT2D eigenvalue weighted by atomic mass is 32.1. The lowest BCUT2D eigenvalue weighted by atomic mass is 10.1. The minimum atomic E-state index is -0.00163. The van der Waals surface area contributed by atoms with E-state index in [2.05, 4.69) is 15.6 Å². The van der Waals surface area contributed by atoms with Crippen molar-refractivity contribution in [3.8, 4) is 11.3 Å². The van der Waals surface area contributed by atoms with E-state index in [-0.39, 0.29) is 17.9 Å². The molecule has 0 radical (unpaired) electrons. The van der Waals surface area contributed by atoms with Crippen LogP contribution in [0.3, 0.4) is 0 Å². The summed E-state index contributed by atoms with van der Waals surface area (Å²) < 4.78 is 0. The van der Waals surface area contributed by atoms with Crippen LogP contribution in [0.4, 0.5) is 5.69 Å². The molecule has 1 aromatic carbocycles. The highest BCUT2D eigenvalue weighted by Crippen LogP contribution is 2.24. The molecule has 0 atom stereocenters. The van der Waals surface area contributed by atoms with Gasteiger partial charge < -0.3 is 10.6 Å². The summed E-state index contributed by atoms with van der Waals surface area (Å²) in [7, 11) is 1.91. The highest BCUT2D eigenvalue weighted by molar-refractivity contribution is 7.09. The monoisotopic (exact) mass is 374 g/mol. The van der Waals surface area contributed by atoms with Crippen molar-refractivity contribution in [3.05, 3.63) is 34.7 Å². The van der Waals surface area contributed by atoms with E-state index in [1.54, 1.807) is 11.3 Å². The Morgan fingerprint density at radius 1 is 1.19 bits per heavy atom. The van der Waals surface area contributed by atoms with Crippen molar-refractivity contribution in [1.29, 1.82) is 0 Å². The average molecular weight is 375 g/mol. The van der Waals surface area contributed by atoms with Gasteiger partial charge in [-0.3, -0.25) is 14.5 Å². The van der Waals surface area contributed by atoms with Gasteiger partial charge in [-0.1, -0.05) is 19.1 Å². The van der Waals surface area contributed by atoms with Gasteiger partial charge in [-0.2, -0.15) is 0 Å². The topological polar surface area (TPSA) is 74.3 Å². The van der Waals surface area contributed by atoms with Gasteiger partial charge in [-0.15, -0.1) is 11.3 Å². The lowest BCUT2D eigenvalue weighted by Gasteiger charge is -2.16. The Bertz CT molecular complexity index is 740. The van der Waals surface area contributed by atoms with Gasteiger partial charge in [0.05, 0.1) is 18.8 Å². The molecule has 0 saturated carbocycles. The van der Waals surface area contributed by atoms with Gasteiger partial charge in [0.2, 0.25) is 11.8 Å². The van der Waals surface area contributed by atoms with E-state index >= 15 is 0 Å². The molecule has 6 nitrogen and oxygen atoms in total. The van der Waals surface area contributed by atoms with E-state index in [1.807, 2.05) is 62.4 Å². The SMILES string of the molecule is CCC(=O)Nc1ccc(-c2csc(CN(C)CC(=O)NC(C)C)n2)cc1. The zero-order valence-electron chi connectivity index (χ0n) is 15.7. The maximum Gasteiger partial charge on any atom is 0.234 e. The first-order valence-electron chi connectivity index (χ1n) is 8.70. The second kappa shape index (κ2) is 9.45. The standard InChI is InChI=1S/C19H26N4O2S/c1-5-17(24)21-15-8-6-14(7-9-15)16-12-26-19(22-16)11-23(4)10-18(25)20-13(2)3/h6-9,12-13H,5,10-11H2,1-4H3,(H,20,25)(H,21,24). The molecule has 2 N–H and O–H groups in total. The molecule has 0 bridgehead atoms. The Morgan fingerprint density at radius 2 is 1.88 bits per heavy atom. The average Bonchev–Trinajstić information content (AvgIpc) is 3.02. The van der Waals surface area contributed by atoms with Crippen molar-refractivity contribution in [2.75, 3.05) is 18.9 Å². The first-order chi connectivity index (χ1) is 12.4. The van der Waals surface area contributed by atoms with Crippen LogP contribution in [-0.4, -0.2) is 41.3 Å². The molecule has 0 unspecified atom stereocenters. The van der Waals surface area contributed by atoms with Crippen molar-refractivity contribution in [3.63, 3.8) is 0 Å². The predicted molar refractivity (Wildman–Crippen MR) is 106 cm³/mol. The van der Waals surface area contributed by atoms with Crippen molar-refractivity contribution < 1.29 is 9.59 Å². The summed E-state index contributed by atoms with van der Waals surface area (Å²) in [5, 5.41) is 8.69. The maximum absolute atomic E-state index is 11.8. The zero-order chi connectivity index (χ0) is 19.1. The van der Waals surface area contributed by atoms with Gasteiger partial charge in [0, 0.05) is 29.1 Å². The van der Waals surface area contributed by atoms with E-state index in [1.165, 1.54) is 0 Å². The molecule has 2 amide bonds. The van der Waals surface area contributed by atoms with Crippen molar-refractivity contribution in [2.24, 2.45) is 0 Å². The molecule has 0 saturated heterocycles. The smallest absolute Gasteiger partial charge is 0.234 e. The summed E-state index contributed by atoms with van der Waals surface area (Å²) in [6.45, 7) is 6.69. The first-order valence-corrected chi connectivity index (χ1v) is 9.58. The number of nitrogens with one attached hydrogen (secondary N) is 2. The number of thiazole rings is 1. The summed E-state index contributed by atoms with van der Waals surface area (Å²) in [5.74, 6) is 0.0160. The fraction of sp³-hybridized carbons (Fsp3) is 0.421. The molecule has 7 heteroatoms.